The molecule has 0 bridgehead atoms. The molecule has 26 heavy (non-hydrogen) atoms. The Bertz CT molecular complexity index is 843. The Morgan fingerprint density at radius 1 is 1.23 bits per heavy atom. The van der Waals surface area contributed by atoms with Crippen LogP contribution in [0.15, 0.2) is 34.8 Å². The highest BCUT2D eigenvalue weighted by Crippen LogP contribution is 2.26. The third-order valence-electron chi connectivity index (χ3n) is 5.01. The number of aryl methyl sites for hydroxylation is 1. The van der Waals surface area contributed by atoms with Crippen molar-refractivity contribution in [3.8, 4) is 5.75 Å². The predicted octanol–water partition coefficient (Wildman–Crippen LogP) is 3.40. The first-order chi connectivity index (χ1) is 12.7. The molecule has 2 aromatic rings. The summed E-state index contributed by atoms with van der Waals surface area (Å²) in [5.74, 6) is 0.857. The largest absolute Gasteiger partial charge is 0.497 e. The second-order valence-electron chi connectivity index (χ2n) is 6.62. The van der Waals surface area contributed by atoms with Gasteiger partial charge in [0.15, 0.2) is 6.61 Å². The van der Waals surface area contributed by atoms with E-state index in [0.29, 0.717) is 6.54 Å². The van der Waals surface area contributed by atoms with Crippen LogP contribution in [0.5, 0.6) is 5.75 Å². The highest BCUT2D eigenvalue weighted by Gasteiger charge is 2.22. The minimum absolute atomic E-state index is 0.00281. The Morgan fingerprint density at radius 3 is 3.04 bits per heavy atom. The van der Waals surface area contributed by atoms with E-state index in [1.54, 1.807) is 18.4 Å². The zero-order valence-electron chi connectivity index (χ0n) is 14.9. The van der Waals surface area contributed by atoms with E-state index < -0.39 is 0 Å². The molecule has 0 atom stereocenters. The third-order valence-corrected chi connectivity index (χ3v) is 6.03. The molecule has 4 rings (SSSR count). The van der Waals surface area contributed by atoms with Gasteiger partial charge in [-0.25, -0.2) is 0 Å². The molecular weight excluding hydrogens is 348 g/mol. The van der Waals surface area contributed by atoms with Crippen LogP contribution in [0.2, 0.25) is 0 Å². The summed E-state index contributed by atoms with van der Waals surface area (Å²) in [7, 11) is 1.67. The number of hydrogen-bond donors (Lipinski definition) is 0. The number of methoxy groups -OCH3 is 1. The zero-order valence-corrected chi connectivity index (χ0v) is 15.7. The number of benzene rings is 1. The molecule has 0 saturated heterocycles. The molecular formula is C20H22N2O3S. The van der Waals surface area contributed by atoms with Gasteiger partial charge >= 0.3 is 0 Å². The van der Waals surface area contributed by atoms with Crippen molar-refractivity contribution in [3.63, 3.8) is 0 Å². The smallest absolute Gasteiger partial charge is 0.263 e. The highest BCUT2D eigenvalue weighted by molar-refractivity contribution is 7.10. The van der Waals surface area contributed by atoms with Crippen LogP contribution in [0, 0.1) is 0 Å². The molecule has 1 aromatic heterocycles. The van der Waals surface area contributed by atoms with Gasteiger partial charge in [-0.3, -0.25) is 4.79 Å². The van der Waals surface area contributed by atoms with Gasteiger partial charge in [0, 0.05) is 23.5 Å². The van der Waals surface area contributed by atoms with E-state index in [2.05, 4.69) is 22.7 Å². The van der Waals surface area contributed by atoms with Crippen LogP contribution in [0.25, 0.3) is 0 Å². The van der Waals surface area contributed by atoms with Crippen molar-refractivity contribution in [2.24, 2.45) is 5.16 Å². The maximum absolute atomic E-state index is 12.4. The molecule has 5 nitrogen and oxygen atoms in total. The van der Waals surface area contributed by atoms with Gasteiger partial charge < -0.3 is 14.5 Å². The molecule has 1 aliphatic carbocycles. The van der Waals surface area contributed by atoms with Crippen LogP contribution in [-0.2, 0) is 29.0 Å². The molecule has 1 amide bonds. The van der Waals surface area contributed by atoms with Crippen molar-refractivity contribution < 1.29 is 14.4 Å². The molecule has 0 unspecified atom stereocenters. The molecule has 136 valence electrons. The molecule has 1 aromatic carbocycles. The van der Waals surface area contributed by atoms with E-state index in [9.17, 15) is 4.79 Å². The normalized spacial score (nSPS) is 17.6. The Labute approximate surface area is 157 Å². The second kappa shape index (κ2) is 7.50. The van der Waals surface area contributed by atoms with Gasteiger partial charge in [0.2, 0.25) is 0 Å². The summed E-state index contributed by atoms with van der Waals surface area (Å²) < 4.78 is 5.29. The van der Waals surface area contributed by atoms with E-state index in [0.717, 1.165) is 49.3 Å². The first-order valence-corrected chi connectivity index (χ1v) is 9.81. The number of hydrogen-bond acceptors (Lipinski definition) is 5. The minimum Gasteiger partial charge on any atom is -0.497 e. The summed E-state index contributed by atoms with van der Waals surface area (Å²) >= 11 is 1.77. The number of nitrogens with zero attached hydrogens (tertiary/aromatic N) is 2. The van der Waals surface area contributed by atoms with E-state index in [-0.39, 0.29) is 12.5 Å². The number of rotatable bonds is 4. The number of oxime groups is 1. The van der Waals surface area contributed by atoms with E-state index in [1.165, 1.54) is 16.0 Å². The van der Waals surface area contributed by atoms with Crippen molar-refractivity contribution in [2.45, 2.75) is 32.2 Å². The summed E-state index contributed by atoms with van der Waals surface area (Å²) in [5, 5.41) is 6.37. The van der Waals surface area contributed by atoms with Crippen LogP contribution in [0.3, 0.4) is 0 Å². The fourth-order valence-corrected chi connectivity index (χ4v) is 4.47. The number of carbonyl (C=O) groups is 1. The van der Waals surface area contributed by atoms with Gasteiger partial charge in [-0.15, -0.1) is 11.3 Å². The third kappa shape index (κ3) is 3.46. The number of amides is 1. The van der Waals surface area contributed by atoms with Crippen molar-refractivity contribution in [3.05, 3.63) is 51.2 Å². The fraction of sp³-hybridized carbons (Fsp3) is 0.400. The second-order valence-corrected chi connectivity index (χ2v) is 7.62. The number of ether oxygens (including phenoxy) is 1. The SMILES string of the molecule is COc1ccc2c(c1)CCC/C2=N/OCC(=O)N1CCc2sccc2C1. The molecule has 2 aliphatic rings. The molecule has 2 heterocycles. The van der Waals surface area contributed by atoms with Gasteiger partial charge in [0.05, 0.1) is 12.8 Å². The lowest BCUT2D eigenvalue weighted by Crippen LogP contribution is -2.37. The maximum atomic E-state index is 12.4. The number of fused-ring (bicyclic) bond motifs is 2. The Balaban J connectivity index is 1.38. The van der Waals surface area contributed by atoms with Crippen molar-refractivity contribution >= 4 is 23.0 Å². The summed E-state index contributed by atoms with van der Waals surface area (Å²) in [4.78, 5) is 21.1. The monoisotopic (exact) mass is 370 g/mol. The molecule has 0 radical (unpaired) electrons. The standard InChI is InChI=1S/C20H22N2O3S/c1-24-16-5-6-17-14(11-16)3-2-4-18(17)21-25-13-20(23)22-9-7-19-15(12-22)8-10-26-19/h5-6,8,10-11H,2-4,7,9,12-13H2,1H3/b21-18-. The summed E-state index contributed by atoms with van der Waals surface area (Å²) in [6, 6.07) is 8.13. The summed E-state index contributed by atoms with van der Waals surface area (Å²) in [6.07, 6.45) is 3.85. The summed E-state index contributed by atoms with van der Waals surface area (Å²) in [6.45, 7) is 1.43. The van der Waals surface area contributed by atoms with E-state index >= 15 is 0 Å². The lowest BCUT2D eigenvalue weighted by molar-refractivity contribution is -0.137. The topological polar surface area (TPSA) is 51.1 Å². The first kappa shape index (κ1) is 17.1. The van der Waals surface area contributed by atoms with Gasteiger partial charge in [0.25, 0.3) is 5.91 Å². The number of thiophene rings is 1. The molecule has 0 spiro atoms. The molecule has 0 fully saturated rings. The summed E-state index contributed by atoms with van der Waals surface area (Å²) in [5.41, 5.74) is 4.51. The molecule has 0 N–H and O–H groups in total. The minimum atomic E-state index is -0.00550. The Morgan fingerprint density at radius 2 is 2.15 bits per heavy atom. The average molecular weight is 370 g/mol. The van der Waals surface area contributed by atoms with Crippen LogP contribution in [-0.4, -0.2) is 36.8 Å². The highest BCUT2D eigenvalue weighted by atomic mass is 32.1. The molecule has 6 heteroatoms. The van der Waals surface area contributed by atoms with Crippen LogP contribution in [0.4, 0.5) is 0 Å². The zero-order chi connectivity index (χ0) is 17.9. The molecule has 1 aliphatic heterocycles. The van der Waals surface area contributed by atoms with E-state index in [1.807, 2.05) is 17.0 Å². The lowest BCUT2D eigenvalue weighted by Gasteiger charge is -2.26. The quantitative estimate of drug-likeness (QED) is 0.775. The Kier molecular flexibility index (Phi) is 4.93. The first-order valence-electron chi connectivity index (χ1n) is 8.94. The van der Waals surface area contributed by atoms with Gasteiger partial charge in [-0.1, -0.05) is 5.16 Å². The lowest BCUT2D eigenvalue weighted by atomic mass is 9.90. The van der Waals surface area contributed by atoms with Crippen LogP contribution in [0.1, 0.15) is 34.4 Å². The van der Waals surface area contributed by atoms with E-state index in [4.69, 9.17) is 9.57 Å². The van der Waals surface area contributed by atoms with Gasteiger partial charge in [-0.05, 0) is 66.5 Å². The van der Waals surface area contributed by atoms with Crippen molar-refractivity contribution in [1.29, 1.82) is 0 Å². The maximum Gasteiger partial charge on any atom is 0.263 e. The van der Waals surface area contributed by atoms with Gasteiger partial charge in [-0.2, -0.15) is 0 Å². The van der Waals surface area contributed by atoms with Gasteiger partial charge in [0.1, 0.15) is 5.75 Å². The van der Waals surface area contributed by atoms with Crippen molar-refractivity contribution in [1.82, 2.24) is 4.90 Å². The molecule has 0 saturated carbocycles. The number of carbonyl (C=O) groups excluding carboxylic acids is 1. The fourth-order valence-electron chi connectivity index (χ4n) is 3.58. The van der Waals surface area contributed by atoms with Crippen LogP contribution >= 0.6 is 11.3 Å². The predicted molar refractivity (Wildman–Crippen MR) is 102 cm³/mol. The van der Waals surface area contributed by atoms with Crippen LogP contribution < -0.4 is 4.74 Å². The Hall–Kier alpha value is -2.34. The van der Waals surface area contributed by atoms with Crippen molar-refractivity contribution in [2.75, 3.05) is 20.3 Å². The average Bonchev–Trinajstić information content (AvgIpc) is 3.15.